The summed E-state index contributed by atoms with van der Waals surface area (Å²) in [4.78, 5) is 36.7. The Balaban J connectivity index is 1.82. The lowest BCUT2D eigenvalue weighted by atomic mass is 10.2. The largest absolute Gasteiger partial charge is 0.480 e. The average Bonchev–Trinajstić information content (AvgIpc) is 2.90. The summed E-state index contributed by atoms with van der Waals surface area (Å²) in [5, 5.41) is 8.25. The Morgan fingerprint density at radius 2 is 1.86 bits per heavy atom. The lowest BCUT2D eigenvalue weighted by Crippen LogP contribution is -2.27. The van der Waals surface area contributed by atoms with E-state index in [1.807, 2.05) is 0 Å². The minimum atomic E-state index is -1.11. The van der Waals surface area contributed by atoms with Gasteiger partial charge in [-0.2, -0.15) is 0 Å². The van der Waals surface area contributed by atoms with Crippen LogP contribution >= 0.6 is 43.6 Å². The van der Waals surface area contributed by atoms with Crippen molar-refractivity contribution in [2.24, 2.45) is 0 Å². The number of amides is 2. The molecule has 2 aromatic carbocycles. The molecule has 0 saturated carbocycles. The molecule has 1 aliphatic rings. The molecule has 0 unspecified atom stereocenters. The van der Waals surface area contributed by atoms with E-state index in [4.69, 9.17) is 9.84 Å². The van der Waals surface area contributed by atoms with Crippen LogP contribution in [0.4, 0.5) is 9.18 Å². The van der Waals surface area contributed by atoms with E-state index in [1.54, 1.807) is 18.2 Å². The van der Waals surface area contributed by atoms with E-state index in [1.165, 1.54) is 24.3 Å². The number of carboxylic acid groups (broad SMARTS) is 1. The number of hydrogen-bond donors (Lipinski definition) is 1. The van der Waals surface area contributed by atoms with Gasteiger partial charge < -0.3 is 9.84 Å². The number of rotatable bonds is 6. The number of thioether (sulfide) groups is 1. The monoisotopic (exact) mass is 543 g/mol. The van der Waals surface area contributed by atoms with E-state index in [2.05, 4.69) is 31.9 Å². The Morgan fingerprint density at radius 3 is 2.48 bits per heavy atom. The second kappa shape index (κ2) is 9.10. The predicted octanol–water partition coefficient (Wildman–Crippen LogP) is 5.05. The molecule has 2 aromatic rings. The molecule has 0 aliphatic carbocycles. The third-order valence-corrected chi connectivity index (χ3v) is 5.90. The molecule has 1 heterocycles. The van der Waals surface area contributed by atoms with E-state index in [9.17, 15) is 18.8 Å². The van der Waals surface area contributed by atoms with Gasteiger partial charge in [0.1, 0.15) is 11.6 Å². The molecule has 0 atom stereocenters. The molecule has 3 rings (SSSR count). The van der Waals surface area contributed by atoms with Gasteiger partial charge in [-0.15, -0.1) is 0 Å². The number of carboxylic acids is 1. The number of halogens is 3. The summed E-state index contributed by atoms with van der Waals surface area (Å²) in [5.41, 5.74) is 0.837. The van der Waals surface area contributed by atoms with Crippen molar-refractivity contribution in [2.75, 3.05) is 6.61 Å². The summed E-state index contributed by atoms with van der Waals surface area (Å²) in [6.07, 6.45) is 1.53. The van der Waals surface area contributed by atoms with Crippen molar-refractivity contribution in [3.05, 3.63) is 67.2 Å². The third kappa shape index (κ3) is 5.06. The van der Waals surface area contributed by atoms with Crippen molar-refractivity contribution in [3.63, 3.8) is 0 Å². The van der Waals surface area contributed by atoms with Crippen molar-refractivity contribution < 1.29 is 28.6 Å². The molecule has 0 aromatic heterocycles. The Morgan fingerprint density at radius 1 is 1.21 bits per heavy atom. The third-order valence-electron chi connectivity index (χ3n) is 3.82. The Hall–Kier alpha value is -2.17. The van der Waals surface area contributed by atoms with Crippen LogP contribution in [0.3, 0.4) is 0 Å². The molecule has 0 radical (unpaired) electrons. The number of benzene rings is 2. The molecule has 0 bridgehead atoms. The van der Waals surface area contributed by atoms with Crippen molar-refractivity contribution >= 4 is 66.8 Å². The lowest BCUT2D eigenvalue weighted by molar-refractivity contribution is -0.139. The van der Waals surface area contributed by atoms with E-state index in [-0.39, 0.29) is 17.0 Å². The fourth-order valence-corrected chi connectivity index (χ4v) is 4.81. The molecule has 10 heteroatoms. The van der Waals surface area contributed by atoms with Crippen LogP contribution < -0.4 is 4.74 Å². The van der Waals surface area contributed by atoms with Gasteiger partial charge in [0.25, 0.3) is 11.1 Å². The van der Waals surface area contributed by atoms with Crippen LogP contribution in [0.5, 0.6) is 5.75 Å². The Labute approximate surface area is 186 Å². The Bertz CT molecular complexity index is 1020. The summed E-state index contributed by atoms with van der Waals surface area (Å²) in [5.74, 6) is -1.81. The van der Waals surface area contributed by atoms with Gasteiger partial charge in [0.15, 0.2) is 6.61 Å². The number of carbonyl (C=O) groups excluding carboxylic acids is 2. The zero-order valence-corrected chi connectivity index (χ0v) is 18.5. The van der Waals surface area contributed by atoms with Gasteiger partial charge in [0.05, 0.1) is 20.4 Å². The number of carbonyl (C=O) groups is 3. The van der Waals surface area contributed by atoms with Gasteiger partial charge >= 0.3 is 5.97 Å². The summed E-state index contributed by atoms with van der Waals surface area (Å²) >= 11 is 7.37. The van der Waals surface area contributed by atoms with E-state index < -0.39 is 29.5 Å². The van der Waals surface area contributed by atoms with Crippen LogP contribution in [-0.4, -0.2) is 33.7 Å². The molecule has 150 valence electrons. The van der Waals surface area contributed by atoms with Crippen molar-refractivity contribution in [3.8, 4) is 5.75 Å². The average molecular weight is 545 g/mol. The minimum absolute atomic E-state index is 0.149. The predicted molar refractivity (Wildman–Crippen MR) is 113 cm³/mol. The van der Waals surface area contributed by atoms with Crippen LogP contribution in [0.1, 0.15) is 11.1 Å². The highest BCUT2D eigenvalue weighted by molar-refractivity contribution is 9.11. The van der Waals surface area contributed by atoms with Crippen molar-refractivity contribution in [2.45, 2.75) is 6.54 Å². The first-order valence-electron chi connectivity index (χ1n) is 8.08. The normalized spacial score (nSPS) is 15.3. The summed E-state index contributed by atoms with van der Waals surface area (Å²) in [7, 11) is 0. The number of nitrogens with zero attached hydrogens (tertiary/aromatic N) is 1. The number of aliphatic carboxylic acids is 1. The van der Waals surface area contributed by atoms with E-state index in [0.717, 1.165) is 16.7 Å². The minimum Gasteiger partial charge on any atom is -0.480 e. The fraction of sp³-hybridized carbons (Fsp3) is 0.105. The first kappa shape index (κ1) is 21.5. The summed E-state index contributed by atoms with van der Waals surface area (Å²) < 4.78 is 20.0. The van der Waals surface area contributed by atoms with Crippen LogP contribution in [0.25, 0.3) is 6.08 Å². The quantitative estimate of drug-likeness (QED) is 0.512. The number of hydrogen-bond acceptors (Lipinski definition) is 5. The zero-order valence-electron chi connectivity index (χ0n) is 14.5. The van der Waals surface area contributed by atoms with Gasteiger partial charge in [-0.25, -0.2) is 9.18 Å². The molecule has 1 N–H and O–H groups in total. The van der Waals surface area contributed by atoms with Crippen LogP contribution in [0, 0.1) is 5.82 Å². The van der Waals surface area contributed by atoms with E-state index >= 15 is 0 Å². The SMILES string of the molecule is O=C(O)COc1c(Br)cc(/C=C2\SC(=O)N(Cc3ccccc3F)C2=O)cc1Br. The van der Waals surface area contributed by atoms with Crippen molar-refractivity contribution in [1.29, 1.82) is 0 Å². The molecule has 1 saturated heterocycles. The maximum absolute atomic E-state index is 13.9. The number of ether oxygens (including phenoxy) is 1. The molecule has 1 aliphatic heterocycles. The standard InChI is InChI=1S/C19H12Br2FNO5S/c20-12-5-10(6-13(21)17(12)28-9-16(24)25)7-15-18(26)23(19(27)29-15)8-11-3-1-2-4-14(11)22/h1-7H,8-9H2,(H,24,25)/b15-7-. The summed E-state index contributed by atoms with van der Waals surface area (Å²) in [6.45, 7) is -0.657. The highest BCUT2D eigenvalue weighted by Crippen LogP contribution is 2.38. The topological polar surface area (TPSA) is 83.9 Å². The first-order chi connectivity index (χ1) is 13.8. The highest BCUT2D eigenvalue weighted by Gasteiger charge is 2.35. The van der Waals surface area contributed by atoms with Gasteiger partial charge in [-0.3, -0.25) is 14.5 Å². The van der Waals surface area contributed by atoms with Gasteiger partial charge in [0, 0.05) is 5.56 Å². The van der Waals surface area contributed by atoms with E-state index in [0.29, 0.717) is 20.3 Å². The maximum Gasteiger partial charge on any atom is 0.341 e. The zero-order chi connectivity index (χ0) is 21.1. The molecule has 1 fully saturated rings. The van der Waals surface area contributed by atoms with Crippen LogP contribution in [-0.2, 0) is 16.1 Å². The molecule has 0 spiro atoms. The van der Waals surface area contributed by atoms with Gasteiger partial charge in [-0.1, -0.05) is 18.2 Å². The summed E-state index contributed by atoms with van der Waals surface area (Å²) in [6, 6.07) is 9.22. The number of imide groups is 1. The van der Waals surface area contributed by atoms with Crippen molar-refractivity contribution in [1.82, 2.24) is 4.90 Å². The smallest absolute Gasteiger partial charge is 0.341 e. The molecular weight excluding hydrogens is 533 g/mol. The fourth-order valence-electron chi connectivity index (χ4n) is 2.52. The molecule has 6 nitrogen and oxygen atoms in total. The lowest BCUT2D eigenvalue weighted by Gasteiger charge is -2.13. The molecule has 2 amide bonds. The second-order valence-electron chi connectivity index (χ2n) is 5.86. The highest BCUT2D eigenvalue weighted by atomic mass is 79.9. The van der Waals surface area contributed by atoms with Gasteiger partial charge in [0.2, 0.25) is 0 Å². The van der Waals surface area contributed by atoms with Crippen LogP contribution in [0.2, 0.25) is 0 Å². The van der Waals surface area contributed by atoms with Gasteiger partial charge in [-0.05, 0) is 73.5 Å². The molecular formula is C19H12Br2FNO5S. The second-order valence-corrected chi connectivity index (χ2v) is 8.56. The molecule has 29 heavy (non-hydrogen) atoms. The Kier molecular flexibility index (Phi) is 6.76. The maximum atomic E-state index is 13.9. The first-order valence-corrected chi connectivity index (χ1v) is 10.5. The van der Waals surface area contributed by atoms with Crippen LogP contribution in [0.15, 0.2) is 50.2 Å².